The SMILES string of the molecule is N/C(=N\O)C1(c2ccc(Br)cc2F)CCC1. The second kappa shape index (κ2) is 4.05. The van der Waals surface area contributed by atoms with E-state index in [0.717, 1.165) is 19.3 Å². The fourth-order valence-electron chi connectivity index (χ4n) is 2.17. The lowest BCUT2D eigenvalue weighted by Crippen LogP contribution is -2.47. The third kappa shape index (κ3) is 1.59. The smallest absolute Gasteiger partial charge is 0.149 e. The molecule has 0 amide bonds. The average molecular weight is 287 g/mol. The molecule has 1 aliphatic carbocycles. The van der Waals surface area contributed by atoms with Crippen molar-refractivity contribution in [2.75, 3.05) is 0 Å². The molecule has 0 heterocycles. The van der Waals surface area contributed by atoms with Crippen LogP contribution >= 0.6 is 15.9 Å². The third-order valence-electron chi connectivity index (χ3n) is 3.25. The molecule has 1 aliphatic rings. The molecule has 0 aromatic heterocycles. The Bertz CT molecular complexity index is 444. The average Bonchev–Trinajstić information content (AvgIpc) is 2.19. The van der Waals surface area contributed by atoms with Gasteiger partial charge >= 0.3 is 0 Å². The Morgan fingerprint density at radius 3 is 2.62 bits per heavy atom. The molecule has 0 aliphatic heterocycles. The Labute approximate surface area is 101 Å². The van der Waals surface area contributed by atoms with Crippen LogP contribution < -0.4 is 5.73 Å². The van der Waals surface area contributed by atoms with E-state index in [2.05, 4.69) is 21.1 Å². The predicted octanol–water partition coefficient (Wildman–Crippen LogP) is 2.76. The Hall–Kier alpha value is -1.10. The summed E-state index contributed by atoms with van der Waals surface area (Å²) in [6, 6.07) is 4.86. The highest BCUT2D eigenvalue weighted by molar-refractivity contribution is 9.10. The lowest BCUT2D eigenvalue weighted by atomic mass is 9.63. The van der Waals surface area contributed by atoms with E-state index < -0.39 is 5.41 Å². The van der Waals surface area contributed by atoms with E-state index in [9.17, 15) is 4.39 Å². The van der Waals surface area contributed by atoms with Gasteiger partial charge < -0.3 is 10.9 Å². The highest BCUT2D eigenvalue weighted by Gasteiger charge is 2.44. The minimum absolute atomic E-state index is 0.0972. The van der Waals surface area contributed by atoms with Gasteiger partial charge in [-0.1, -0.05) is 33.6 Å². The summed E-state index contributed by atoms with van der Waals surface area (Å²) in [5.41, 5.74) is 5.57. The lowest BCUT2D eigenvalue weighted by Gasteiger charge is -2.41. The first-order valence-corrected chi connectivity index (χ1v) is 5.83. The molecule has 0 bridgehead atoms. The van der Waals surface area contributed by atoms with Gasteiger partial charge in [0.05, 0.1) is 5.41 Å². The standard InChI is InChI=1S/C11H12BrFN2O/c12-7-2-3-8(9(13)6-7)11(4-1-5-11)10(14)15-16/h2-3,6,16H,1,4-5H2,(H2,14,15). The summed E-state index contributed by atoms with van der Waals surface area (Å²) in [5, 5.41) is 11.8. The number of rotatable bonds is 2. The first kappa shape index (κ1) is 11.4. The Balaban J connectivity index is 2.49. The van der Waals surface area contributed by atoms with Crippen molar-refractivity contribution in [1.82, 2.24) is 0 Å². The Kier molecular flexibility index (Phi) is 2.88. The van der Waals surface area contributed by atoms with Crippen molar-refractivity contribution in [2.45, 2.75) is 24.7 Å². The second-order valence-corrected chi connectivity index (χ2v) is 4.96. The molecule has 0 spiro atoms. The van der Waals surface area contributed by atoms with Crippen LogP contribution in [0.25, 0.3) is 0 Å². The van der Waals surface area contributed by atoms with Crippen LogP contribution in [0.15, 0.2) is 27.8 Å². The number of amidine groups is 1. The normalized spacial score (nSPS) is 19.2. The molecule has 5 heteroatoms. The number of oxime groups is 1. The summed E-state index contributed by atoms with van der Waals surface area (Å²) in [6.07, 6.45) is 2.41. The maximum Gasteiger partial charge on any atom is 0.149 e. The van der Waals surface area contributed by atoms with Crippen molar-refractivity contribution in [3.8, 4) is 0 Å². The van der Waals surface area contributed by atoms with Gasteiger partial charge in [-0.15, -0.1) is 0 Å². The molecule has 1 aromatic rings. The zero-order valence-electron chi connectivity index (χ0n) is 8.58. The third-order valence-corrected chi connectivity index (χ3v) is 3.75. The number of benzene rings is 1. The van der Waals surface area contributed by atoms with E-state index >= 15 is 0 Å². The Morgan fingerprint density at radius 1 is 1.50 bits per heavy atom. The molecule has 0 unspecified atom stereocenters. The van der Waals surface area contributed by atoms with E-state index in [1.54, 1.807) is 12.1 Å². The number of hydrogen-bond acceptors (Lipinski definition) is 2. The number of halogens is 2. The fourth-order valence-corrected chi connectivity index (χ4v) is 2.50. The molecule has 0 saturated heterocycles. The van der Waals surface area contributed by atoms with Crippen LogP contribution in [0, 0.1) is 5.82 Å². The molecule has 3 nitrogen and oxygen atoms in total. The van der Waals surface area contributed by atoms with E-state index in [-0.39, 0.29) is 11.7 Å². The number of nitrogens with two attached hydrogens (primary N) is 1. The minimum atomic E-state index is -0.612. The molecule has 1 fully saturated rings. The van der Waals surface area contributed by atoms with Crippen LogP contribution in [0.3, 0.4) is 0 Å². The summed E-state index contributed by atoms with van der Waals surface area (Å²) in [4.78, 5) is 0. The molecule has 0 atom stereocenters. The largest absolute Gasteiger partial charge is 0.409 e. The fraction of sp³-hybridized carbons (Fsp3) is 0.364. The summed E-state index contributed by atoms with van der Waals surface area (Å²) in [6.45, 7) is 0. The quantitative estimate of drug-likeness (QED) is 0.380. The summed E-state index contributed by atoms with van der Waals surface area (Å²) >= 11 is 3.21. The van der Waals surface area contributed by atoms with Crippen LogP contribution in [-0.4, -0.2) is 11.0 Å². The zero-order valence-corrected chi connectivity index (χ0v) is 10.2. The highest BCUT2D eigenvalue weighted by Crippen LogP contribution is 2.45. The predicted molar refractivity (Wildman–Crippen MR) is 63.0 cm³/mol. The van der Waals surface area contributed by atoms with Gasteiger partial charge in [-0.3, -0.25) is 0 Å². The van der Waals surface area contributed by atoms with Gasteiger partial charge in [0.15, 0.2) is 0 Å². The molecule has 3 N–H and O–H groups in total. The van der Waals surface area contributed by atoms with E-state index in [1.165, 1.54) is 6.07 Å². The molecule has 16 heavy (non-hydrogen) atoms. The summed E-state index contributed by atoms with van der Waals surface area (Å²) in [7, 11) is 0. The van der Waals surface area contributed by atoms with Crippen molar-refractivity contribution in [3.05, 3.63) is 34.1 Å². The van der Waals surface area contributed by atoms with Crippen LogP contribution in [0.4, 0.5) is 4.39 Å². The van der Waals surface area contributed by atoms with Crippen LogP contribution in [0.5, 0.6) is 0 Å². The van der Waals surface area contributed by atoms with Crippen LogP contribution in [-0.2, 0) is 5.41 Å². The van der Waals surface area contributed by atoms with Gasteiger partial charge in [-0.05, 0) is 25.0 Å². The van der Waals surface area contributed by atoms with Gasteiger partial charge in [0, 0.05) is 10.0 Å². The number of hydrogen-bond donors (Lipinski definition) is 2. The topological polar surface area (TPSA) is 58.6 Å². The van der Waals surface area contributed by atoms with Crippen molar-refractivity contribution >= 4 is 21.8 Å². The van der Waals surface area contributed by atoms with Gasteiger partial charge in [0.1, 0.15) is 11.7 Å². The summed E-state index contributed by atoms with van der Waals surface area (Å²) in [5.74, 6) is -0.222. The van der Waals surface area contributed by atoms with Crippen molar-refractivity contribution in [3.63, 3.8) is 0 Å². The first-order valence-electron chi connectivity index (χ1n) is 5.04. The van der Waals surface area contributed by atoms with Gasteiger partial charge in [-0.25, -0.2) is 4.39 Å². The van der Waals surface area contributed by atoms with E-state index in [0.29, 0.717) is 10.0 Å². The van der Waals surface area contributed by atoms with E-state index in [4.69, 9.17) is 10.9 Å². The molecular formula is C11H12BrFN2O. The van der Waals surface area contributed by atoms with Crippen molar-refractivity contribution < 1.29 is 9.60 Å². The number of nitrogens with zero attached hydrogens (tertiary/aromatic N) is 1. The first-order chi connectivity index (χ1) is 7.60. The van der Waals surface area contributed by atoms with Crippen molar-refractivity contribution in [2.24, 2.45) is 10.9 Å². The zero-order chi connectivity index (χ0) is 11.8. The maximum absolute atomic E-state index is 13.8. The van der Waals surface area contributed by atoms with Crippen LogP contribution in [0.1, 0.15) is 24.8 Å². The molecule has 86 valence electrons. The van der Waals surface area contributed by atoms with Crippen LogP contribution in [0.2, 0.25) is 0 Å². The monoisotopic (exact) mass is 286 g/mol. The minimum Gasteiger partial charge on any atom is -0.409 e. The molecule has 1 saturated carbocycles. The molecule has 0 radical (unpaired) electrons. The van der Waals surface area contributed by atoms with Gasteiger partial charge in [0.25, 0.3) is 0 Å². The summed E-state index contributed by atoms with van der Waals surface area (Å²) < 4.78 is 14.5. The van der Waals surface area contributed by atoms with E-state index in [1.807, 2.05) is 0 Å². The molecule has 2 rings (SSSR count). The van der Waals surface area contributed by atoms with Gasteiger partial charge in [-0.2, -0.15) is 0 Å². The second-order valence-electron chi connectivity index (χ2n) is 4.05. The highest BCUT2D eigenvalue weighted by atomic mass is 79.9. The van der Waals surface area contributed by atoms with Crippen molar-refractivity contribution in [1.29, 1.82) is 0 Å². The Morgan fingerprint density at radius 2 is 2.19 bits per heavy atom. The lowest BCUT2D eigenvalue weighted by molar-refractivity contribution is 0.282. The molecule has 1 aromatic carbocycles. The van der Waals surface area contributed by atoms with Gasteiger partial charge in [0.2, 0.25) is 0 Å². The maximum atomic E-state index is 13.8. The molecular weight excluding hydrogens is 275 g/mol.